The molecule has 0 saturated carbocycles. The summed E-state index contributed by atoms with van der Waals surface area (Å²) in [6, 6.07) is 12.5. The number of methoxy groups -OCH3 is 2. The minimum absolute atomic E-state index is 0.0802. The summed E-state index contributed by atoms with van der Waals surface area (Å²) in [5.41, 5.74) is 1.93. The monoisotopic (exact) mass is 464 g/mol. The van der Waals surface area contributed by atoms with Crippen LogP contribution in [-0.4, -0.2) is 36.0 Å². The molecule has 1 unspecified atom stereocenters. The summed E-state index contributed by atoms with van der Waals surface area (Å²) in [4.78, 5) is 32.0. The van der Waals surface area contributed by atoms with Crippen LogP contribution in [0.4, 0.5) is 5.69 Å². The van der Waals surface area contributed by atoms with Crippen molar-refractivity contribution in [2.24, 2.45) is 0 Å². The summed E-state index contributed by atoms with van der Waals surface area (Å²) in [6.07, 6.45) is 3.13. The third kappa shape index (κ3) is 3.81. The average Bonchev–Trinajstić information content (AvgIpc) is 3.09. The Hall–Kier alpha value is -3.84. The molecular weight excluding hydrogens is 444 g/mol. The van der Waals surface area contributed by atoms with Gasteiger partial charge in [-0.25, -0.2) is 0 Å². The molecule has 2 aromatic carbocycles. The summed E-state index contributed by atoms with van der Waals surface area (Å²) in [5, 5.41) is 11.9. The number of aryl methyl sites for hydroxylation is 1. The molecule has 1 amide bonds. The van der Waals surface area contributed by atoms with Gasteiger partial charge in [0.15, 0.2) is 0 Å². The molecule has 0 spiro atoms. The molecule has 33 heavy (non-hydrogen) atoms. The van der Waals surface area contributed by atoms with Gasteiger partial charge in [-0.2, -0.15) is 0 Å². The van der Waals surface area contributed by atoms with Crippen molar-refractivity contribution in [1.82, 2.24) is 4.98 Å². The van der Waals surface area contributed by atoms with Crippen LogP contribution in [0.25, 0.3) is 5.76 Å². The number of ether oxygens (including phenoxy) is 2. The van der Waals surface area contributed by atoms with Gasteiger partial charge in [0.05, 0.1) is 25.8 Å². The van der Waals surface area contributed by atoms with Crippen LogP contribution in [0.1, 0.15) is 22.7 Å². The van der Waals surface area contributed by atoms with Crippen LogP contribution in [0, 0.1) is 6.92 Å². The first-order valence-electron chi connectivity index (χ1n) is 10.1. The van der Waals surface area contributed by atoms with E-state index < -0.39 is 23.5 Å². The number of amides is 1. The second kappa shape index (κ2) is 8.96. The first-order valence-corrected chi connectivity index (χ1v) is 10.4. The van der Waals surface area contributed by atoms with E-state index in [0.29, 0.717) is 33.3 Å². The number of aromatic nitrogens is 1. The van der Waals surface area contributed by atoms with Crippen LogP contribution in [0.15, 0.2) is 66.5 Å². The van der Waals surface area contributed by atoms with Crippen LogP contribution in [0.5, 0.6) is 11.5 Å². The molecule has 1 fully saturated rings. The number of hydrogen-bond acceptors (Lipinski definition) is 6. The van der Waals surface area contributed by atoms with E-state index in [9.17, 15) is 14.7 Å². The molecule has 0 bridgehead atoms. The summed E-state index contributed by atoms with van der Waals surface area (Å²) in [5.74, 6) is -1.38. The Morgan fingerprint density at radius 1 is 1.03 bits per heavy atom. The van der Waals surface area contributed by atoms with Crippen molar-refractivity contribution in [3.63, 3.8) is 0 Å². The summed E-state index contributed by atoms with van der Waals surface area (Å²) in [6.45, 7) is 1.80. The molecule has 1 atom stereocenters. The molecule has 8 heteroatoms. The largest absolute Gasteiger partial charge is 0.506 e. The van der Waals surface area contributed by atoms with Crippen molar-refractivity contribution >= 4 is 34.7 Å². The highest BCUT2D eigenvalue weighted by Gasteiger charge is 2.47. The van der Waals surface area contributed by atoms with Gasteiger partial charge in [0.25, 0.3) is 11.7 Å². The fourth-order valence-electron chi connectivity index (χ4n) is 4.05. The Bertz CT molecular complexity index is 1250. The van der Waals surface area contributed by atoms with Crippen molar-refractivity contribution in [3.05, 3.63) is 88.2 Å². The molecule has 1 saturated heterocycles. The first-order chi connectivity index (χ1) is 15.9. The highest BCUT2D eigenvalue weighted by Crippen LogP contribution is 2.45. The van der Waals surface area contributed by atoms with Crippen LogP contribution < -0.4 is 14.4 Å². The normalized spacial score (nSPS) is 17.3. The van der Waals surface area contributed by atoms with E-state index in [-0.39, 0.29) is 11.1 Å². The van der Waals surface area contributed by atoms with Crippen LogP contribution in [0.2, 0.25) is 5.02 Å². The quantitative estimate of drug-likeness (QED) is 0.335. The number of pyridine rings is 1. The lowest BCUT2D eigenvalue weighted by molar-refractivity contribution is -0.132. The van der Waals surface area contributed by atoms with E-state index in [0.717, 1.165) is 0 Å². The first kappa shape index (κ1) is 22.4. The maximum absolute atomic E-state index is 13.3. The zero-order valence-corrected chi connectivity index (χ0v) is 19.0. The van der Waals surface area contributed by atoms with Crippen molar-refractivity contribution in [2.75, 3.05) is 19.1 Å². The molecule has 0 aliphatic carbocycles. The summed E-state index contributed by atoms with van der Waals surface area (Å²) < 4.78 is 10.8. The van der Waals surface area contributed by atoms with Gasteiger partial charge in [0.2, 0.25) is 0 Å². The number of carbonyl (C=O) groups excluding carboxylic acids is 2. The number of carbonyl (C=O) groups is 2. The number of Topliss-reactive ketones (excluding diaryl/α,β-unsaturated/α-hetero) is 1. The molecular formula is C25H21ClN2O5. The molecule has 1 aromatic heterocycles. The number of halogens is 1. The Morgan fingerprint density at radius 2 is 1.67 bits per heavy atom. The lowest BCUT2D eigenvalue weighted by atomic mass is 9.95. The van der Waals surface area contributed by atoms with Gasteiger partial charge in [0.1, 0.15) is 22.8 Å². The van der Waals surface area contributed by atoms with Gasteiger partial charge < -0.3 is 14.6 Å². The van der Waals surface area contributed by atoms with Gasteiger partial charge >= 0.3 is 0 Å². The molecule has 7 nitrogen and oxygen atoms in total. The number of aliphatic hydroxyl groups excluding tert-OH is 1. The van der Waals surface area contributed by atoms with Crippen molar-refractivity contribution in [1.29, 1.82) is 0 Å². The predicted molar refractivity (Wildman–Crippen MR) is 125 cm³/mol. The van der Waals surface area contributed by atoms with Gasteiger partial charge in [-0.1, -0.05) is 17.7 Å². The Kier molecular flexibility index (Phi) is 6.07. The van der Waals surface area contributed by atoms with E-state index in [1.54, 1.807) is 67.8 Å². The number of nitrogens with zero attached hydrogens (tertiary/aromatic N) is 2. The number of anilines is 1. The maximum Gasteiger partial charge on any atom is 0.300 e. The molecule has 1 aliphatic rings. The van der Waals surface area contributed by atoms with E-state index in [2.05, 4.69) is 4.98 Å². The minimum Gasteiger partial charge on any atom is -0.506 e. The molecule has 1 aliphatic heterocycles. The Labute approximate surface area is 195 Å². The second-order valence-electron chi connectivity index (χ2n) is 7.42. The molecule has 0 radical (unpaired) electrons. The van der Waals surface area contributed by atoms with E-state index in [4.69, 9.17) is 21.1 Å². The number of rotatable bonds is 5. The van der Waals surface area contributed by atoms with Crippen LogP contribution >= 0.6 is 11.6 Å². The SMILES string of the molecule is COc1cccc(OC)c1/C(O)=C1\C(=O)C(=O)N(c2ccc(Cl)cc2C)C1c1ccncc1. The predicted octanol–water partition coefficient (Wildman–Crippen LogP) is 4.69. The van der Waals surface area contributed by atoms with Crippen LogP contribution in [-0.2, 0) is 9.59 Å². The molecule has 2 heterocycles. The van der Waals surface area contributed by atoms with Gasteiger partial charge in [0, 0.05) is 23.1 Å². The topological polar surface area (TPSA) is 89.0 Å². The van der Waals surface area contributed by atoms with Crippen molar-refractivity contribution < 1.29 is 24.2 Å². The lowest BCUT2D eigenvalue weighted by Gasteiger charge is -2.27. The van der Waals surface area contributed by atoms with Crippen molar-refractivity contribution in [3.8, 4) is 11.5 Å². The standard InChI is InChI=1S/C25H21ClN2O5/c1-14-13-16(26)7-8-17(14)28-22(15-9-11-27-12-10-15)21(24(30)25(28)31)23(29)20-18(32-2)5-4-6-19(20)33-3/h4-13,22,29H,1-3H3/b23-21+. The number of benzene rings is 2. The fourth-order valence-corrected chi connectivity index (χ4v) is 4.28. The third-order valence-electron chi connectivity index (χ3n) is 5.55. The molecule has 1 N–H and O–H groups in total. The lowest BCUT2D eigenvalue weighted by Crippen LogP contribution is -2.30. The number of hydrogen-bond donors (Lipinski definition) is 1. The van der Waals surface area contributed by atoms with E-state index in [1.807, 2.05) is 0 Å². The summed E-state index contributed by atoms with van der Waals surface area (Å²) >= 11 is 6.11. The van der Waals surface area contributed by atoms with Crippen LogP contribution in [0.3, 0.4) is 0 Å². The van der Waals surface area contributed by atoms with E-state index >= 15 is 0 Å². The van der Waals surface area contributed by atoms with Crippen molar-refractivity contribution in [2.45, 2.75) is 13.0 Å². The van der Waals surface area contributed by atoms with Gasteiger partial charge in [-0.3, -0.25) is 19.5 Å². The Morgan fingerprint density at radius 3 is 2.24 bits per heavy atom. The average molecular weight is 465 g/mol. The summed E-state index contributed by atoms with van der Waals surface area (Å²) in [7, 11) is 2.89. The third-order valence-corrected chi connectivity index (χ3v) is 5.78. The maximum atomic E-state index is 13.3. The highest BCUT2D eigenvalue weighted by atomic mass is 35.5. The smallest absolute Gasteiger partial charge is 0.300 e. The zero-order chi connectivity index (χ0) is 23.7. The Balaban J connectivity index is 2.02. The second-order valence-corrected chi connectivity index (χ2v) is 7.85. The highest BCUT2D eigenvalue weighted by molar-refractivity contribution is 6.52. The van der Waals surface area contributed by atoms with E-state index in [1.165, 1.54) is 19.1 Å². The van der Waals surface area contributed by atoms with Gasteiger partial charge in [-0.05, 0) is 60.5 Å². The zero-order valence-electron chi connectivity index (χ0n) is 18.2. The number of ketones is 1. The molecule has 168 valence electrons. The van der Waals surface area contributed by atoms with Gasteiger partial charge in [-0.15, -0.1) is 0 Å². The molecule has 3 aromatic rings. The number of aliphatic hydroxyl groups is 1. The minimum atomic E-state index is -0.900. The fraction of sp³-hybridized carbons (Fsp3) is 0.160. The molecule has 4 rings (SSSR count).